The first kappa shape index (κ1) is 39.3. The molecule has 7 heterocycles. The maximum Gasteiger partial charge on any atom is 0.352 e. The number of carboxylic acid groups (broad SMARTS) is 2. The van der Waals surface area contributed by atoms with Crippen LogP contribution in [-0.4, -0.2) is 116 Å². The number of nitrogen functional groups attached to an aromatic ring is 1. The van der Waals surface area contributed by atoms with E-state index in [2.05, 4.69) is 15.2 Å². The summed E-state index contributed by atoms with van der Waals surface area (Å²) in [5.41, 5.74) is 2.69. The number of hydrogen-bond acceptors (Lipinski definition) is 14. The first-order valence-corrected chi connectivity index (χ1v) is 19.9. The minimum Gasteiger partial charge on any atom is -0.504 e. The Kier molecular flexibility index (Phi) is 9.78. The van der Waals surface area contributed by atoms with Gasteiger partial charge in [0.1, 0.15) is 17.9 Å². The topological polar surface area (TPSA) is 268 Å². The number of aromatic amines is 1. The van der Waals surface area contributed by atoms with Crippen LogP contribution in [0.3, 0.4) is 0 Å². The number of phenolic OH excluding ortho intramolecular Hbond substituents is 2. The number of β-lactam (4-membered cyclic amide) rings is 1. The predicted octanol–water partition coefficient (Wildman–Crippen LogP) is 2.30. The number of thiazole rings is 1. The van der Waals surface area contributed by atoms with Crippen molar-refractivity contribution in [2.45, 2.75) is 69.2 Å². The van der Waals surface area contributed by atoms with E-state index in [1.165, 1.54) is 40.6 Å². The van der Waals surface area contributed by atoms with Crippen molar-refractivity contribution in [1.82, 2.24) is 19.7 Å². The van der Waals surface area contributed by atoms with Gasteiger partial charge in [0.2, 0.25) is 11.5 Å². The van der Waals surface area contributed by atoms with Crippen LogP contribution in [0.1, 0.15) is 52.1 Å². The lowest BCUT2D eigenvalue weighted by Gasteiger charge is -2.56. The summed E-state index contributed by atoms with van der Waals surface area (Å²) in [6.07, 6.45) is 1.66. The summed E-state index contributed by atoms with van der Waals surface area (Å²) < 4.78 is 1.80. The number of Topliss-reactive ketones (excluding diaryl/α,β-unsaturated/α-hetero) is 1. The number of piperidine rings is 3. The van der Waals surface area contributed by atoms with Crippen molar-refractivity contribution in [3.63, 3.8) is 0 Å². The SMILES string of the molecule is C[C@@H]1S[C@@H]2[C@H](CC(=O)/C(=N\OC(C)(C)C(=O)O)c3csc(N)n3)C(=O)N2C(C(=O)O)=C1C[N+]12CCC(Cn3[nH]c(=O)c4cc(O)c(O)c(Cl)c4c3=O)(CC1)CC2. The first-order valence-electron chi connectivity index (χ1n) is 17.7. The smallest absolute Gasteiger partial charge is 0.352 e. The minimum atomic E-state index is -1.78. The van der Waals surface area contributed by atoms with Gasteiger partial charge in [0.05, 0.1) is 46.7 Å². The number of hydrogen-bond donors (Lipinski definition) is 6. The molecular weight excluding hydrogens is 794 g/mol. The van der Waals surface area contributed by atoms with Gasteiger partial charge >= 0.3 is 11.9 Å². The van der Waals surface area contributed by atoms with Gasteiger partial charge in [-0.25, -0.2) is 19.3 Å². The summed E-state index contributed by atoms with van der Waals surface area (Å²) in [6.45, 7) is 6.96. The molecular formula is C35H39ClN7O11S2+. The molecule has 18 nitrogen and oxygen atoms in total. The summed E-state index contributed by atoms with van der Waals surface area (Å²) >= 11 is 8.62. The van der Waals surface area contributed by atoms with Crippen molar-refractivity contribution in [2.75, 3.05) is 31.9 Å². The van der Waals surface area contributed by atoms with Gasteiger partial charge in [-0.3, -0.25) is 29.2 Å². The number of amides is 1. The van der Waals surface area contributed by atoms with Crippen LogP contribution >= 0.6 is 34.7 Å². The number of oxime groups is 1. The number of ketones is 1. The quantitative estimate of drug-likeness (QED) is 0.0503. The number of thioether (sulfide) groups is 1. The number of aromatic hydroxyl groups is 2. The number of quaternary nitrogens is 1. The van der Waals surface area contributed by atoms with Crippen LogP contribution in [0.15, 0.2) is 37.5 Å². The van der Waals surface area contributed by atoms with Crippen molar-refractivity contribution in [3.05, 3.63) is 54.1 Å². The molecule has 0 unspecified atom stereocenters. The van der Waals surface area contributed by atoms with E-state index in [1.54, 1.807) is 0 Å². The number of carbonyl (C=O) groups excluding carboxylic acids is 2. The number of nitrogens with zero attached hydrogens (tertiary/aromatic N) is 5. The minimum absolute atomic E-state index is 0.0600. The number of benzene rings is 1. The number of anilines is 1. The molecule has 3 atom stereocenters. The summed E-state index contributed by atoms with van der Waals surface area (Å²) in [7, 11) is 0. The van der Waals surface area contributed by atoms with Crippen molar-refractivity contribution in [1.29, 1.82) is 0 Å². The third kappa shape index (κ3) is 6.60. The Morgan fingerprint density at radius 3 is 2.41 bits per heavy atom. The summed E-state index contributed by atoms with van der Waals surface area (Å²) in [5.74, 6) is -5.93. The second-order valence-electron chi connectivity index (χ2n) is 15.4. The molecule has 1 aromatic carbocycles. The Balaban J connectivity index is 1.08. The monoisotopic (exact) mass is 832 g/mol. The number of aromatic nitrogens is 3. The fourth-order valence-electron chi connectivity index (χ4n) is 8.12. The molecule has 56 heavy (non-hydrogen) atoms. The maximum atomic E-state index is 13.7. The lowest BCUT2D eigenvalue weighted by atomic mass is 9.70. The maximum absolute atomic E-state index is 13.7. The first-order chi connectivity index (χ1) is 26.3. The molecule has 0 saturated carbocycles. The number of rotatable bonds is 12. The van der Waals surface area contributed by atoms with E-state index in [4.69, 9.17) is 22.2 Å². The highest BCUT2D eigenvalue weighted by atomic mass is 35.5. The van der Waals surface area contributed by atoms with Crippen LogP contribution in [0.2, 0.25) is 5.02 Å². The molecule has 5 aliphatic rings. The molecule has 4 fully saturated rings. The number of halogens is 1. The van der Waals surface area contributed by atoms with Crippen molar-refractivity contribution < 1.29 is 48.9 Å². The van der Waals surface area contributed by atoms with Gasteiger partial charge in [0.25, 0.3) is 11.1 Å². The molecule has 8 rings (SSSR count). The van der Waals surface area contributed by atoms with E-state index in [1.807, 2.05) is 6.92 Å². The van der Waals surface area contributed by atoms with Crippen LogP contribution in [0.5, 0.6) is 11.5 Å². The molecule has 7 N–H and O–H groups in total. The summed E-state index contributed by atoms with van der Waals surface area (Å²) in [6, 6.07) is 1.00. The number of carboxylic acids is 2. The van der Waals surface area contributed by atoms with E-state index in [-0.39, 0.29) is 56.6 Å². The third-order valence-electron chi connectivity index (χ3n) is 11.6. The third-order valence-corrected chi connectivity index (χ3v) is 14.1. The molecule has 298 valence electrons. The number of H-pyrrole nitrogens is 1. The Labute approximate surface area is 330 Å². The van der Waals surface area contributed by atoms with Crippen molar-refractivity contribution >= 4 is 79.9 Å². The normalized spacial score (nSPS) is 26.3. The lowest BCUT2D eigenvalue weighted by molar-refractivity contribution is -0.941. The second-order valence-corrected chi connectivity index (χ2v) is 18.2. The second kappa shape index (κ2) is 13.9. The highest BCUT2D eigenvalue weighted by Gasteiger charge is 2.57. The van der Waals surface area contributed by atoms with E-state index in [0.29, 0.717) is 55.5 Å². The molecule has 0 spiro atoms. The molecule has 4 saturated heterocycles. The van der Waals surface area contributed by atoms with E-state index in [9.17, 15) is 49.2 Å². The lowest BCUT2D eigenvalue weighted by Crippen LogP contribution is -2.66. The summed E-state index contributed by atoms with van der Waals surface area (Å²) in [4.78, 5) is 88.8. The standard InChI is InChI=1S/C35H38ClN7O11S2/c1-15-18(12-43-7-4-35(5-8-43,6-9-43)14-41-29(49)22-16(27(47)39-41)10-21(45)26(46)23(22)36)25(31(50)51)42-28(48)17(30(42)56-15)11-20(44)24(19-13-55-33(37)38-19)40-54-34(2,3)32(52)53/h10,13,15,17,30H,4-9,11-12,14H2,1-3H3,(H6-,37,38,39,40,44,45,46,47,49,50,51,52,53)/p+1/t15-,17+,30+,35?,43?/m0/s1. The zero-order valence-corrected chi connectivity index (χ0v) is 32.8. The zero-order valence-electron chi connectivity index (χ0n) is 30.4. The number of carbonyl (C=O) groups is 4. The Morgan fingerprint density at radius 2 is 1.82 bits per heavy atom. The average Bonchev–Trinajstić information content (AvgIpc) is 3.58. The Morgan fingerprint density at radius 1 is 1.16 bits per heavy atom. The van der Waals surface area contributed by atoms with E-state index >= 15 is 0 Å². The molecule has 3 aromatic rings. The van der Waals surface area contributed by atoms with Gasteiger partial charge in [-0.2, -0.15) is 0 Å². The molecule has 1 amide bonds. The highest BCUT2D eigenvalue weighted by molar-refractivity contribution is 8.00. The van der Waals surface area contributed by atoms with Crippen LogP contribution in [-0.2, 0) is 30.6 Å². The van der Waals surface area contributed by atoms with Gasteiger partial charge in [-0.1, -0.05) is 16.8 Å². The fraction of sp³-hybridized carbons (Fsp3) is 0.486. The Hall–Kier alpha value is -4.92. The molecule has 0 radical (unpaired) electrons. The number of nitrogens with one attached hydrogen (secondary N) is 1. The van der Waals surface area contributed by atoms with E-state index in [0.717, 1.165) is 17.4 Å². The largest absolute Gasteiger partial charge is 0.504 e. The molecule has 5 aliphatic heterocycles. The van der Waals surface area contributed by atoms with Crippen LogP contribution < -0.4 is 16.9 Å². The van der Waals surface area contributed by atoms with Crippen molar-refractivity contribution in [2.24, 2.45) is 16.5 Å². The molecule has 2 bridgehead atoms. The number of phenols is 2. The zero-order chi connectivity index (χ0) is 40.6. The molecule has 0 aliphatic carbocycles. The fourth-order valence-corrected chi connectivity index (χ4v) is 10.4. The van der Waals surface area contributed by atoms with Gasteiger partial charge in [-0.15, -0.1) is 23.1 Å². The van der Waals surface area contributed by atoms with Gasteiger partial charge in [-0.05, 0) is 26.8 Å². The number of aliphatic carboxylic acids is 2. The number of nitrogens with two attached hydrogens (primary N) is 1. The van der Waals surface area contributed by atoms with Crippen LogP contribution in [0, 0.1) is 11.3 Å². The molecule has 21 heteroatoms. The van der Waals surface area contributed by atoms with Gasteiger partial charge in [0, 0.05) is 53.8 Å². The molecule has 2 aromatic heterocycles. The van der Waals surface area contributed by atoms with Crippen LogP contribution in [0.25, 0.3) is 10.8 Å². The van der Waals surface area contributed by atoms with Gasteiger partial charge in [0.15, 0.2) is 28.1 Å². The predicted molar refractivity (Wildman–Crippen MR) is 205 cm³/mol. The number of fused-ring (bicyclic) bond motifs is 5. The average molecular weight is 833 g/mol. The van der Waals surface area contributed by atoms with E-state index < -0.39 is 68.2 Å². The summed E-state index contributed by atoms with van der Waals surface area (Å²) in [5, 5.41) is 46.4. The van der Waals surface area contributed by atoms with Crippen LogP contribution in [0.4, 0.5) is 5.13 Å². The van der Waals surface area contributed by atoms with Gasteiger partial charge < -0.3 is 35.5 Å². The van der Waals surface area contributed by atoms with Crippen molar-refractivity contribution in [3.8, 4) is 11.5 Å². The Bertz CT molecular complexity index is 2380. The highest BCUT2D eigenvalue weighted by Crippen LogP contribution is 2.51.